The molecule has 0 saturated heterocycles. The molecule has 1 aromatic carbocycles. The summed E-state index contributed by atoms with van der Waals surface area (Å²) >= 11 is 3.16. The van der Waals surface area contributed by atoms with Crippen molar-refractivity contribution in [3.63, 3.8) is 0 Å². The van der Waals surface area contributed by atoms with Gasteiger partial charge in [-0.15, -0.1) is 0 Å². The number of hydrogen-bond acceptors (Lipinski definition) is 4. The molecule has 2 rings (SSSR count). The molecule has 14 heavy (non-hydrogen) atoms. The largest absolute Gasteiger partial charge is 0.502 e. The first kappa shape index (κ1) is 8.95. The molecule has 0 bridgehead atoms. The van der Waals surface area contributed by atoms with Crippen LogP contribution in [0, 0.1) is 10.1 Å². The maximum atomic E-state index is 10.5. The maximum Gasteiger partial charge on any atom is 0.312 e. The van der Waals surface area contributed by atoms with E-state index in [0.29, 0.717) is 15.5 Å². The van der Waals surface area contributed by atoms with Crippen molar-refractivity contribution in [2.45, 2.75) is 0 Å². The van der Waals surface area contributed by atoms with Gasteiger partial charge in [0.05, 0.1) is 4.92 Å². The van der Waals surface area contributed by atoms with Gasteiger partial charge in [0, 0.05) is 11.5 Å². The van der Waals surface area contributed by atoms with Crippen LogP contribution in [0.2, 0.25) is 0 Å². The first-order valence-electron chi connectivity index (χ1n) is 3.60. The SMILES string of the molecule is O=[N+]([O-])c1cc2n[nH]c(Br)c2cc1O. The van der Waals surface area contributed by atoms with E-state index in [4.69, 9.17) is 0 Å². The topological polar surface area (TPSA) is 92.0 Å². The number of nitrogens with one attached hydrogen (secondary N) is 1. The molecule has 0 radical (unpaired) electrons. The zero-order valence-corrected chi connectivity index (χ0v) is 8.28. The molecule has 0 aliphatic rings. The highest BCUT2D eigenvalue weighted by atomic mass is 79.9. The number of H-pyrrole nitrogens is 1. The molecule has 1 heterocycles. The molecule has 0 unspecified atom stereocenters. The maximum absolute atomic E-state index is 10.5. The third-order valence-corrected chi connectivity index (χ3v) is 2.41. The van der Waals surface area contributed by atoms with E-state index in [1.54, 1.807) is 0 Å². The van der Waals surface area contributed by atoms with Gasteiger partial charge < -0.3 is 5.11 Å². The summed E-state index contributed by atoms with van der Waals surface area (Å²) in [6, 6.07) is 2.51. The van der Waals surface area contributed by atoms with E-state index in [1.165, 1.54) is 12.1 Å². The second kappa shape index (κ2) is 2.95. The second-order valence-corrected chi connectivity index (χ2v) is 3.45. The fourth-order valence-electron chi connectivity index (χ4n) is 1.15. The predicted molar refractivity (Wildman–Crippen MR) is 52.1 cm³/mol. The van der Waals surface area contributed by atoms with E-state index in [9.17, 15) is 15.2 Å². The minimum Gasteiger partial charge on any atom is -0.502 e. The average molecular weight is 258 g/mol. The van der Waals surface area contributed by atoms with Gasteiger partial charge in [-0.1, -0.05) is 0 Å². The molecule has 2 aromatic rings. The van der Waals surface area contributed by atoms with Gasteiger partial charge in [-0.3, -0.25) is 15.2 Å². The molecule has 1 aromatic heterocycles. The standard InChI is InChI=1S/C7H4BrN3O3/c8-7-3-1-6(12)5(11(13)14)2-4(3)9-10-7/h1-2,12H,(H,9,10). The van der Waals surface area contributed by atoms with Crippen LogP contribution < -0.4 is 0 Å². The Balaban J connectivity index is 2.79. The van der Waals surface area contributed by atoms with Crippen LogP contribution in [-0.4, -0.2) is 20.2 Å². The number of aromatic nitrogens is 2. The summed E-state index contributed by atoms with van der Waals surface area (Å²) in [4.78, 5) is 9.81. The average Bonchev–Trinajstić information content (AvgIpc) is 2.46. The van der Waals surface area contributed by atoms with Crippen molar-refractivity contribution >= 4 is 32.5 Å². The number of phenolic OH excluding ortho intramolecular Hbond substituents is 1. The molecular formula is C7H4BrN3O3. The van der Waals surface area contributed by atoms with Gasteiger partial charge in [0.25, 0.3) is 0 Å². The Hall–Kier alpha value is -1.63. The van der Waals surface area contributed by atoms with Crippen molar-refractivity contribution < 1.29 is 10.0 Å². The Morgan fingerprint density at radius 3 is 2.93 bits per heavy atom. The predicted octanol–water partition coefficient (Wildman–Crippen LogP) is 1.94. The van der Waals surface area contributed by atoms with Crippen molar-refractivity contribution in [3.8, 4) is 5.75 Å². The molecule has 0 amide bonds. The number of fused-ring (bicyclic) bond motifs is 1. The highest BCUT2D eigenvalue weighted by Crippen LogP contribution is 2.32. The zero-order valence-electron chi connectivity index (χ0n) is 6.69. The van der Waals surface area contributed by atoms with E-state index in [1.807, 2.05) is 0 Å². The summed E-state index contributed by atoms with van der Waals surface area (Å²) < 4.78 is 0.581. The van der Waals surface area contributed by atoms with Crippen molar-refractivity contribution in [1.29, 1.82) is 0 Å². The third kappa shape index (κ3) is 1.22. The van der Waals surface area contributed by atoms with Gasteiger partial charge in [0.1, 0.15) is 10.1 Å². The number of aromatic hydroxyl groups is 1. The number of nitrogens with zero attached hydrogens (tertiary/aromatic N) is 2. The van der Waals surface area contributed by atoms with Crippen molar-refractivity contribution in [1.82, 2.24) is 10.2 Å². The van der Waals surface area contributed by atoms with Crippen LogP contribution in [-0.2, 0) is 0 Å². The molecule has 7 heteroatoms. The molecular weight excluding hydrogens is 254 g/mol. The Morgan fingerprint density at radius 1 is 1.57 bits per heavy atom. The molecule has 0 aliphatic carbocycles. The van der Waals surface area contributed by atoms with E-state index >= 15 is 0 Å². The number of aromatic amines is 1. The van der Waals surface area contributed by atoms with Crippen molar-refractivity contribution in [2.75, 3.05) is 0 Å². The summed E-state index contributed by atoms with van der Waals surface area (Å²) in [5.74, 6) is -0.371. The van der Waals surface area contributed by atoms with Crippen LogP contribution in [0.25, 0.3) is 10.9 Å². The summed E-state index contributed by atoms with van der Waals surface area (Å²) in [6.07, 6.45) is 0. The number of rotatable bonds is 1. The van der Waals surface area contributed by atoms with Gasteiger partial charge in [-0.25, -0.2) is 0 Å². The second-order valence-electron chi connectivity index (χ2n) is 2.65. The van der Waals surface area contributed by atoms with Gasteiger partial charge >= 0.3 is 5.69 Å². The Bertz CT molecular complexity index is 522. The minimum absolute atomic E-state index is 0.350. The van der Waals surface area contributed by atoms with Crippen LogP contribution >= 0.6 is 15.9 Å². The first-order chi connectivity index (χ1) is 6.59. The van der Waals surface area contributed by atoms with Crippen LogP contribution in [0.3, 0.4) is 0 Å². The summed E-state index contributed by atoms with van der Waals surface area (Å²) in [7, 11) is 0. The Morgan fingerprint density at radius 2 is 2.29 bits per heavy atom. The molecule has 6 nitrogen and oxygen atoms in total. The molecule has 0 saturated carbocycles. The van der Waals surface area contributed by atoms with Gasteiger partial charge in [0.2, 0.25) is 0 Å². The van der Waals surface area contributed by atoms with Crippen LogP contribution in [0.15, 0.2) is 16.7 Å². The number of hydrogen-bond donors (Lipinski definition) is 2. The Labute approximate surface area is 85.8 Å². The molecule has 0 aliphatic heterocycles. The lowest BCUT2D eigenvalue weighted by Gasteiger charge is -1.95. The van der Waals surface area contributed by atoms with Gasteiger partial charge in [-0.2, -0.15) is 5.10 Å². The first-order valence-corrected chi connectivity index (χ1v) is 4.40. The lowest BCUT2D eigenvalue weighted by molar-refractivity contribution is -0.385. The zero-order chi connectivity index (χ0) is 10.3. The highest BCUT2D eigenvalue weighted by Gasteiger charge is 2.16. The minimum atomic E-state index is -0.655. The van der Waals surface area contributed by atoms with E-state index < -0.39 is 4.92 Å². The molecule has 2 N–H and O–H groups in total. The molecule has 72 valence electrons. The number of nitro groups is 1. The Kier molecular flexibility index (Phi) is 1.88. The van der Waals surface area contributed by atoms with E-state index in [2.05, 4.69) is 26.1 Å². The number of halogens is 1. The quantitative estimate of drug-likeness (QED) is 0.603. The van der Waals surface area contributed by atoms with Crippen LogP contribution in [0.4, 0.5) is 5.69 Å². The smallest absolute Gasteiger partial charge is 0.312 e. The third-order valence-electron chi connectivity index (χ3n) is 1.80. The van der Waals surface area contributed by atoms with Crippen LogP contribution in [0.5, 0.6) is 5.75 Å². The van der Waals surface area contributed by atoms with Crippen LogP contribution in [0.1, 0.15) is 0 Å². The highest BCUT2D eigenvalue weighted by molar-refractivity contribution is 9.10. The number of phenols is 1. The number of nitro benzene ring substituents is 1. The fraction of sp³-hybridized carbons (Fsp3) is 0. The molecule has 0 spiro atoms. The van der Waals surface area contributed by atoms with Crippen molar-refractivity contribution in [3.05, 3.63) is 26.9 Å². The van der Waals surface area contributed by atoms with Gasteiger partial charge in [0.15, 0.2) is 5.75 Å². The van der Waals surface area contributed by atoms with Crippen molar-refractivity contribution in [2.24, 2.45) is 0 Å². The van der Waals surface area contributed by atoms with E-state index in [0.717, 1.165) is 0 Å². The lowest BCUT2D eigenvalue weighted by Crippen LogP contribution is -1.88. The van der Waals surface area contributed by atoms with E-state index in [-0.39, 0.29) is 11.4 Å². The summed E-state index contributed by atoms with van der Waals surface area (Å²) in [5, 5.41) is 26.8. The monoisotopic (exact) mass is 257 g/mol. The molecule has 0 atom stereocenters. The number of benzene rings is 1. The summed E-state index contributed by atoms with van der Waals surface area (Å²) in [6.45, 7) is 0. The summed E-state index contributed by atoms with van der Waals surface area (Å²) in [5.41, 5.74) is 0.0814. The molecule has 0 fully saturated rings. The van der Waals surface area contributed by atoms with Gasteiger partial charge in [-0.05, 0) is 22.0 Å². The fourth-order valence-corrected chi connectivity index (χ4v) is 1.56. The lowest BCUT2D eigenvalue weighted by atomic mass is 10.2. The normalized spacial score (nSPS) is 10.6.